The molecule has 0 radical (unpaired) electrons. The van der Waals surface area contributed by atoms with Crippen LogP contribution in [-0.4, -0.2) is 22.0 Å². The molecule has 0 fully saturated rings. The van der Waals surface area contributed by atoms with Crippen LogP contribution in [0.3, 0.4) is 0 Å². The highest BCUT2D eigenvalue weighted by Crippen LogP contribution is 2.36. The van der Waals surface area contributed by atoms with E-state index in [0.717, 1.165) is 25.0 Å². The van der Waals surface area contributed by atoms with E-state index in [2.05, 4.69) is 17.2 Å². The number of carbonyl (C=O) groups is 2. The highest BCUT2D eigenvalue weighted by molar-refractivity contribution is 6.35. The molecule has 1 aromatic carbocycles. The third-order valence-corrected chi connectivity index (χ3v) is 5.13. The van der Waals surface area contributed by atoms with Gasteiger partial charge in [-0.3, -0.25) is 4.79 Å². The third-order valence-electron chi connectivity index (χ3n) is 5.13. The number of aryl methyl sites for hydroxylation is 1. The Morgan fingerprint density at radius 3 is 2.84 bits per heavy atom. The van der Waals surface area contributed by atoms with Gasteiger partial charge in [0.25, 0.3) is 5.91 Å². The second-order valence-electron chi connectivity index (χ2n) is 6.61. The van der Waals surface area contributed by atoms with Crippen LogP contribution in [0.25, 0.3) is 11.6 Å². The topological polar surface area (TPSA) is 82.2 Å². The first-order valence-electron chi connectivity index (χ1n) is 8.72. The average molecular weight is 336 g/mol. The number of aromatic nitrogens is 1. The molecular weight excluding hydrogens is 316 g/mol. The van der Waals surface area contributed by atoms with Gasteiger partial charge in [-0.15, -0.1) is 0 Å². The maximum Gasteiger partial charge on any atom is 0.335 e. The zero-order valence-corrected chi connectivity index (χ0v) is 14.1. The van der Waals surface area contributed by atoms with E-state index < -0.39 is 5.97 Å². The Kier molecular flexibility index (Phi) is 3.71. The van der Waals surface area contributed by atoms with Gasteiger partial charge in [-0.25, -0.2) is 4.79 Å². The smallest absolute Gasteiger partial charge is 0.335 e. The quantitative estimate of drug-likeness (QED) is 0.748. The summed E-state index contributed by atoms with van der Waals surface area (Å²) in [5.74, 6) is -1.18. The second-order valence-corrected chi connectivity index (χ2v) is 6.61. The number of H-pyrrole nitrogens is 1. The number of fused-ring (bicyclic) bond motifs is 2. The van der Waals surface area contributed by atoms with Crippen molar-refractivity contribution < 1.29 is 14.7 Å². The van der Waals surface area contributed by atoms with Crippen molar-refractivity contribution in [3.05, 3.63) is 51.8 Å². The predicted octanol–water partition coefficient (Wildman–Crippen LogP) is 3.65. The molecule has 2 aliphatic rings. The van der Waals surface area contributed by atoms with Crippen LogP contribution in [-0.2, 0) is 24.1 Å². The Hall–Kier alpha value is -2.82. The van der Waals surface area contributed by atoms with Crippen molar-refractivity contribution >= 4 is 29.2 Å². The monoisotopic (exact) mass is 336 g/mol. The number of carbonyl (C=O) groups excluding carboxylic acids is 1. The summed E-state index contributed by atoms with van der Waals surface area (Å²) in [5.41, 5.74) is 6.96. The molecule has 1 amide bonds. The van der Waals surface area contributed by atoms with Crippen molar-refractivity contribution in [2.45, 2.75) is 39.0 Å². The molecule has 0 spiro atoms. The van der Waals surface area contributed by atoms with E-state index in [1.54, 1.807) is 12.1 Å². The number of carboxylic acid groups (broad SMARTS) is 1. The van der Waals surface area contributed by atoms with Gasteiger partial charge in [-0.05, 0) is 67.5 Å². The van der Waals surface area contributed by atoms with Crippen LogP contribution in [0.5, 0.6) is 0 Å². The first kappa shape index (κ1) is 15.7. The van der Waals surface area contributed by atoms with E-state index in [0.29, 0.717) is 16.8 Å². The number of rotatable bonds is 3. The molecule has 0 saturated carbocycles. The molecule has 128 valence electrons. The van der Waals surface area contributed by atoms with Crippen LogP contribution >= 0.6 is 0 Å². The van der Waals surface area contributed by atoms with Crippen LogP contribution < -0.4 is 5.32 Å². The van der Waals surface area contributed by atoms with Crippen molar-refractivity contribution in [2.75, 3.05) is 5.32 Å². The lowest BCUT2D eigenvalue weighted by atomic mass is 9.93. The van der Waals surface area contributed by atoms with E-state index in [4.69, 9.17) is 0 Å². The molecular formula is C20H20N2O3. The van der Waals surface area contributed by atoms with Gasteiger partial charge in [0.1, 0.15) is 0 Å². The zero-order valence-electron chi connectivity index (χ0n) is 14.1. The number of benzene rings is 1. The lowest BCUT2D eigenvalue weighted by Gasteiger charge is -2.11. The molecule has 2 aromatic rings. The van der Waals surface area contributed by atoms with Gasteiger partial charge in [-0.2, -0.15) is 0 Å². The van der Waals surface area contributed by atoms with E-state index in [1.165, 1.54) is 35.7 Å². The van der Waals surface area contributed by atoms with Crippen molar-refractivity contribution in [3.8, 4) is 0 Å². The van der Waals surface area contributed by atoms with Gasteiger partial charge in [0.15, 0.2) is 0 Å². The van der Waals surface area contributed by atoms with Gasteiger partial charge in [0.2, 0.25) is 0 Å². The highest BCUT2D eigenvalue weighted by atomic mass is 16.4. The summed E-state index contributed by atoms with van der Waals surface area (Å²) >= 11 is 0. The summed E-state index contributed by atoms with van der Waals surface area (Å²) in [6.07, 6.45) is 7.33. The van der Waals surface area contributed by atoms with Gasteiger partial charge < -0.3 is 15.4 Å². The number of anilines is 1. The van der Waals surface area contributed by atoms with Crippen molar-refractivity contribution in [3.63, 3.8) is 0 Å². The molecule has 5 nitrogen and oxygen atoms in total. The summed E-state index contributed by atoms with van der Waals surface area (Å²) in [6.45, 7) is 2.13. The largest absolute Gasteiger partial charge is 0.478 e. The Bertz CT molecular complexity index is 921. The zero-order chi connectivity index (χ0) is 17.6. The SMILES string of the molecule is CCc1c(C=C2C(=O)Nc3ccc(C(=O)O)cc32)[nH]c2c1CCCC2. The molecule has 0 saturated heterocycles. The summed E-state index contributed by atoms with van der Waals surface area (Å²) in [5, 5.41) is 12.0. The fraction of sp³-hybridized carbons (Fsp3) is 0.300. The molecule has 2 heterocycles. The molecule has 3 N–H and O–H groups in total. The molecule has 0 bridgehead atoms. The number of amides is 1. The maximum absolute atomic E-state index is 12.4. The minimum Gasteiger partial charge on any atom is -0.478 e. The molecule has 5 heteroatoms. The fourth-order valence-electron chi connectivity index (χ4n) is 3.91. The van der Waals surface area contributed by atoms with Crippen molar-refractivity contribution in [1.29, 1.82) is 0 Å². The van der Waals surface area contributed by atoms with E-state index in [9.17, 15) is 14.7 Å². The number of aromatic amines is 1. The first-order chi connectivity index (χ1) is 12.1. The van der Waals surface area contributed by atoms with Crippen LogP contribution in [0.15, 0.2) is 18.2 Å². The summed E-state index contributed by atoms with van der Waals surface area (Å²) < 4.78 is 0. The first-order valence-corrected chi connectivity index (χ1v) is 8.72. The van der Waals surface area contributed by atoms with Crippen LogP contribution in [0, 0.1) is 0 Å². The maximum atomic E-state index is 12.4. The molecule has 0 unspecified atom stereocenters. The molecule has 1 aromatic heterocycles. The number of aromatic carboxylic acids is 1. The molecule has 0 atom stereocenters. The summed E-state index contributed by atoms with van der Waals surface area (Å²) in [6, 6.07) is 4.73. The predicted molar refractivity (Wildman–Crippen MR) is 96.7 cm³/mol. The van der Waals surface area contributed by atoms with Crippen LogP contribution in [0.1, 0.15) is 58.2 Å². The van der Waals surface area contributed by atoms with Gasteiger partial charge in [0, 0.05) is 22.6 Å². The number of hydrogen-bond acceptors (Lipinski definition) is 2. The molecule has 1 aliphatic heterocycles. The van der Waals surface area contributed by atoms with Crippen molar-refractivity contribution in [1.82, 2.24) is 4.98 Å². The summed E-state index contributed by atoms with van der Waals surface area (Å²) in [7, 11) is 0. The average Bonchev–Trinajstić information content (AvgIpc) is 3.11. The fourth-order valence-corrected chi connectivity index (χ4v) is 3.91. The van der Waals surface area contributed by atoms with Gasteiger partial charge in [-0.1, -0.05) is 6.92 Å². The summed E-state index contributed by atoms with van der Waals surface area (Å²) in [4.78, 5) is 27.2. The highest BCUT2D eigenvalue weighted by Gasteiger charge is 2.26. The van der Waals surface area contributed by atoms with Gasteiger partial charge in [0.05, 0.1) is 11.1 Å². The number of hydrogen-bond donors (Lipinski definition) is 3. The standard InChI is InChI=1S/C20H20N2O3/c1-2-12-13-5-3-4-6-16(13)21-18(12)10-15-14-9-11(20(24)25)7-8-17(14)22-19(15)23/h7-10,21H,2-6H2,1H3,(H,22,23)(H,24,25). The second kappa shape index (κ2) is 5.92. The molecule has 1 aliphatic carbocycles. The van der Waals surface area contributed by atoms with Gasteiger partial charge >= 0.3 is 5.97 Å². The number of nitrogens with one attached hydrogen (secondary N) is 2. The van der Waals surface area contributed by atoms with E-state index >= 15 is 0 Å². The number of carboxylic acids is 1. The third kappa shape index (κ3) is 2.56. The van der Waals surface area contributed by atoms with E-state index in [1.807, 2.05) is 6.08 Å². The van der Waals surface area contributed by atoms with Crippen LogP contribution in [0.2, 0.25) is 0 Å². The lowest BCUT2D eigenvalue weighted by Crippen LogP contribution is -2.03. The van der Waals surface area contributed by atoms with Crippen LogP contribution in [0.4, 0.5) is 5.69 Å². The Balaban J connectivity index is 1.83. The normalized spacial score (nSPS) is 17.3. The van der Waals surface area contributed by atoms with Crippen molar-refractivity contribution in [2.24, 2.45) is 0 Å². The molecule has 4 rings (SSSR count). The van der Waals surface area contributed by atoms with E-state index in [-0.39, 0.29) is 11.5 Å². The lowest BCUT2D eigenvalue weighted by molar-refractivity contribution is -0.110. The Labute approximate surface area is 145 Å². The minimum atomic E-state index is -0.994. The molecule has 25 heavy (non-hydrogen) atoms. The Morgan fingerprint density at radius 1 is 1.28 bits per heavy atom. The Morgan fingerprint density at radius 2 is 2.08 bits per heavy atom. The minimum absolute atomic E-state index is 0.183.